The van der Waals surface area contributed by atoms with E-state index in [0.29, 0.717) is 11.3 Å². The van der Waals surface area contributed by atoms with Gasteiger partial charge in [-0.05, 0) is 48.4 Å². The van der Waals surface area contributed by atoms with Gasteiger partial charge in [-0.3, -0.25) is 0 Å². The van der Waals surface area contributed by atoms with Gasteiger partial charge in [-0.1, -0.05) is 35.2 Å². The van der Waals surface area contributed by atoms with E-state index < -0.39 is 0 Å². The number of rotatable bonds is 2. The van der Waals surface area contributed by atoms with Crippen LogP contribution in [0, 0.1) is 5.92 Å². The maximum atomic E-state index is 6.58. The van der Waals surface area contributed by atoms with E-state index in [1.807, 2.05) is 0 Å². The lowest BCUT2D eigenvalue weighted by Crippen LogP contribution is -2.16. The Hall–Kier alpha value is -0.210. The van der Waals surface area contributed by atoms with Crippen molar-refractivity contribution < 1.29 is 4.74 Å². The Kier molecular flexibility index (Phi) is 4.38. The van der Waals surface area contributed by atoms with Crippen molar-refractivity contribution in [3.63, 3.8) is 0 Å². The fourth-order valence-corrected chi connectivity index (χ4v) is 4.27. The molecule has 1 saturated carbocycles. The normalized spacial score (nSPS) is 26.6. The standard InChI is InChI=1S/C16H20BrClO/c17-14-9-12-6-7-19-16(12)13(10-14)8-11-4-2-1-3-5-15(11)18/h9-11,15H,1-8H2. The van der Waals surface area contributed by atoms with E-state index in [0.717, 1.165) is 25.2 Å². The van der Waals surface area contributed by atoms with Crippen molar-refractivity contribution in [2.45, 2.75) is 50.3 Å². The molecule has 2 aliphatic rings. The summed E-state index contributed by atoms with van der Waals surface area (Å²) in [4.78, 5) is 0. The van der Waals surface area contributed by atoms with Crippen molar-refractivity contribution in [2.75, 3.05) is 6.61 Å². The number of hydrogen-bond acceptors (Lipinski definition) is 1. The van der Waals surface area contributed by atoms with Crippen LogP contribution in [0.25, 0.3) is 0 Å². The molecule has 1 aliphatic heterocycles. The number of alkyl halides is 1. The predicted octanol–water partition coefficient (Wildman–Crippen LogP) is 5.11. The number of benzene rings is 1. The number of fused-ring (bicyclic) bond motifs is 1. The van der Waals surface area contributed by atoms with E-state index >= 15 is 0 Å². The van der Waals surface area contributed by atoms with Crippen LogP contribution >= 0.6 is 27.5 Å². The summed E-state index contributed by atoms with van der Waals surface area (Å²) >= 11 is 10.2. The molecule has 0 radical (unpaired) electrons. The van der Waals surface area contributed by atoms with Crippen molar-refractivity contribution in [3.05, 3.63) is 27.7 Å². The van der Waals surface area contributed by atoms with Gasteiger partial charge >= 0.3 is 0 Å². The molecule has 0 bridgehead atoms. The summed E-state index contributed by atoms with van der Waals surface area (Å²) < 4.78 is 7.00. The van der Waals surface area contributed by atoms with Crippen molar-refractivity contribution in [1.82, 2.24) is 0 Å². The van der Waals surface area contributed by atoms with E-state index in [-0.39, 0.29) is 0 Å². The van der Waals surface area contributed by atoms with E-state index in [4.69, 9.17) is 16.3 Å². The van der Waals surface area contributed by atoms with Crippen molar-refractivity contribution in [1.29, 1.82) is 0 Å². The lowest BCUT2D eigenvalue weighted by molar-refractivity contribution is 0.349. The molecule has 0 amide bonds. The Morgan fingerprint density at radius 1 is 1.21 bits per heavy atom. The lowest BCUT2D eigenvalue weighted by atomic mass is 9.91. The van der Waals surface area contributed by atoms with Gasteiger partial charge in [0.25, 0.3) is 0 Å². The first kappa shape index (κ1) is 13.8. The van der Waals surface area contributed by atoms with Gasteiger partial charge in [-0.15, -0.1) is 11.6 Å². The van der Waals surface area contributed by atoms with Crippen LogP contribution in [0.1, 0.15) is 43.2 Å². The van der Waals surface area contributed by atoms with E-state index in [1.54, 1.807) is 0 Å². The molecule has 0 saturated heterocycles. The Morgan fingerprint density at radius 2 is 2.05 bits per heavy atom. The van der Waals surface area contributed by atoms with Crippen LogP contribution < -0.4 is 4.74 Å². The second-order valence-corrected chi connectivity index (χ2v) is 7.25. The second kappa shape index (κ2) is 6.05. The third-order valence-electron chi connectivity index (χ3n) is 4.37. The van der Waals surface area contributed by atoms with Crippen LogP contribution in [-0.2, 0) is 12.8 Å². The summed E-state index contributed by atoms with van der Waals surface area (Å²) in [6.07, 6.45) is 8.49. The monoisotopic (exact) mass is 342 g/mol. The molecule has 1 nitrogen and oxygen atoms in total. The largest absolute Gasteiger partial charge is 0.493 e. The Morgan fingerprint density at radius 3 is 2.95 bits per heavy atom. The molecule has 1 aromatic carbocycles. The average molecular weight is 344 g/mol. The summed E-state index contributed by atoms with van der Waals surface area (Å²) in [5.41, 5.74) is 2.70. The highest BCUT2D eigenvalue weighted by molar-refractivity contribution is 9.10. The van der Waals surface area contributed by atoms with E-state index in [2.05, 4.69) is 28.1 Å². The second-order valence-electron chi connectivity index (χ2n) is 5.77. The third kappa shape index (κ3) is 3.11. The zero-order valence-electron chi connectivity index (χ0n) is 11.1. The predicted molar refractivity (Wildman–Crippen MR) is 83.3 cm³/mol. The quantitative estimate of drug-likeness (QED) is 0.535. The molecule has 0 aromatic heterocycles. The lowest BCUT2D eigenvalue weighted by Gasteiger charge is -2.21. The maximum Gasteiger partial charge on any atom is 0.125 e. The maximum absolute atomic E-state index is 6.58. The zero-order chi connectivity index (χ0) is 13.2. The molecule has 104 valence electrons. The third-order valence-corrected chi connectivity index (χ3v) is 5.41. The zero-order valence-corrected chi connectivity index (χ0v) is 13.5. The molecule has 1 aliphatic carbocycles. The molecule has 1 fully saturated rings. The van der Waals surface area contributed by atoms with Crippen molar-refractivity contribution in [3.8, 4) is 5.75 Å². The summed E-state index contributed by atoms with van der Waals surface area (Å²) in [5.74, 6) is 1.74. The Bertz CT molecular complexity index is 460. The summed E-state index contributed by atoms with van der Waals surface area (Å²) in [6, 6.07) is 4.41. The SMILES string of the molecule is ClC1CCCCCC1Cc1cc(Br)cc2c1OCC2. The van der Waals surface area contributed by atoms with Crippen LogP contribution in [0.4, 0.5) is 0 Å². The van der Waals surface area contributed by atoms with Crippen molar-refractivity contribution >= 4 is 27.5 Å². The Labute approximate surface area is 128 Å². The molecule has 3 heteroatoms. The van der Waals surface area contributed by atoms with Gasteiger partial charge in [0.2, 0.25) is 0 Å². The minimum Gasteiger partial charge on any atom is -0.493 e. The first-order valence-electron chi connectivity index (χ1n) is 7.32. The highest BCUT2D eigenvalue weighted by Crippen LogP contribution is 2.37. The molecule has 2 unspecified atom stereocenters. The minimum absolute atomic E-state index is 0.332. The average Bonchev–Trinajstić information content (AvgIpc) is 2.75. The van der Waals surface area contributed by atoms with Crippen LogP contribution in [0.3, 0.4) is 0 Å². The Balaban J connectivity index is 1.82. The van der Waals surface area contributed by atoms with Crippen LogP contribution in [-0.4, -0.2) is 12.0 Å². The highest BCUT2D eigenvalue weighted by atomic mass is 79.9. The van der Waals surface area contributed by atoms with Crippen LogP contribution in [0.5, 0.6) is 5.75 Å². The van der Waals surface area contributed by atoms with Gasteiger partial charge < -0.3 is 4.74 Å². The number of hydrogen-bond donors (Lipinski definition) is 0. The fraction of sp³-hybridized carbons (Fsp3) is 0.625. The highest BCUT2D eigenvalue weighted by Gasteiger charge is 2.25. The van der Waals surface area contributed by atoms with Gasteiger partial charge in [0.1, 0.15) is 5.75 Å². The molecule has 2 atom stereocenters. The summed E-state index contributed by atoms with van der Waals surface area (Å²) in [7, 11) is 0. The van der Waals surface area contributed by atoms with Crippen LogP contribution in [0.15, 0.2) is 16.6 Å². The van der Waals surface area contributed by atoms with Crippen LogP contribution in [0.2, 0.25) is 0 Å². The van der Waals surface area contributed by atoms with Gasteiger partial charge in [0.05, 0.1) is 6.61 Å². The van der Waals surface area contributed by atoms with Crippen molar-refractivity contribution in [2.24, 2.45) is 5.92 Å². The molecular weight excluding hydrogens is 324 g/mol. The number of ether oxygens (including phenoxy) is 1. The smallest absolute Gasteiger partial charge is 0.125 e. The topological polar surface area (TPSA) is 9.23 Å². The minimum atomic E-state index is 0.332. The molecule has 0 spiro atoms. The first-order valence-corrected chi connectivity index (χ1v) is 8.55. The first-order chi connectivity index (χ1) is 9.24. The molecular formula is C16H20BrClO. The van der Waals surface area contributed by atoms with Gasteiger partial charge in [0.15, 0.2) is 0 Å². The number of halogens is 2. The van der Waals surface area contributed by atoms with Gasteiger partial charge in [-0.25, -0.2) is 0 Å². The van der Waals surface area contributed by atoms with Gasteiger partial charge in [0, 0.05) is 16.3 Å². The summed E-state index contributed by atoms with van der Waals surface area (Å²) in [5, 5.41) is 0.332. The molecule has 1 heterocycles. The molecule has 19 heavy (non-hydrogen) atoms. The molecule has 1 aromatic rings. The molecule has 3 rings (SSSR count). The molecule has 0 N–H and O–H groups in total. The van der Waals surface area contributed by atoms with E-state index in [1.165, 1.54) is 47.7 Å². The van der Waals surface area contributed by atoms with E-state index in [9.17, 15) is 0 Å². The summed E-state index contributed by atoms with van der Waals surface area (Å²) in [6.45, 7) is 0.827. The fourth-order valence-electron chi connectivity index (χ4n) is 3.35. The van der Waals surface area contributed by atoms with Gasteiger partial charge in [-0.2, -0.15) is 0 Å².